The highest BCUT2D eigenvalue weighted by Gasteiger charge is 2.60. The van der Waals surface area contributed by atoms with E-state index in [9.17, 15) is 19.8 Å². The minimum Gasteiger partial charge on any atom is -0.477 e. The van der Waals surface area contributed by atoms with Crippen LogP contribution in [-0.4, -0.2) is 50.0 Å². The zero-order chi connectivity index (χ0) is 15.2. The number of carbonyl (C=O) groups is 2. The van der Waals surface area contributed by atoms with Crippen LogP contribution >= 0.6 is 23.5 Å². The van der Waals surface area contributed by atoms with Gasteiger partial charge in [0, 0.05) is 10.8 Å². The fourth-order valence-electron chi connectivity index (χ4n) is 2.91. The predicted octanol–water partition coefficient (Wildman–Crippen LogP) is 1.58. The largest absolute Gasteiger partial charge is 0.477 e. The van der Waals surface area contributed by atoms with E-state index < -0.39 is 18.0 Å². The first kappa shape index (κ1) is 15.7. The summed E-state index contributed by atoms with van der Waals surface area (Å²) in [6, 6.07) is -0.217. The smallest absolute Gasteiger partial charge is 0.353 e. The highest BCUT2D eigenvalue weighted by Crippen LogP contribution is 2.51. The number of aliphatic carboxylic acids is 1. The van der Waals surface area contributed by atoms with E-state index in [1.807, 2.05) is 20.1 Å². The van der Waals surface area contributed by atoms with Gasteiger partial charge in [-0.25, -0.2) is 4.79 Å². The number of hydrogen-bond acceptors (Lipinski definition) is 5. The van der Waals surface area contributed by atoms with E-state index in [0.29, 0.717) is 0 Å². The maximum absolute atomic E-state index is 12.1. The molecule has 112 valence electrons. The number of nitrogens with zero attached hydrogens (tertiary/aromatic N) is 1. The van der Waals surface area contributed by atoms with Gasteiger partial charge in [-0.15, -0.1) is 11.8 Å². The minimum absolute atomic E-state index is 0.0435. The quantitative estimate of drug-likeness (QED) is 0.592. The van der Waals surface area contributed by atoms with Crippen LogP contribution in [-0.2, 0) is 9.59 Å². The van der Waals surface area contributed by atoms with Crippen molar-refractivity contribution in [1.29, 1.82) is 0 Å². The molecule has 0 aromatic carbocycles. The Bertz CT molecular complexity index is 477. The fraction of sp³-hybridized carbons (Fsp3) is 0.692. The third-order valence-electron chi connectivity index (χ3n) is 3.94. The summed E-state index contributed by atoms with van der Waals surface area (Å²) in [7, 11) is 0. The molecule has 7 heteroatoms. The van der Waals surface area contributed by atoms with Crippen LogP contribution in [0.3, 0.4) is 0 Å². The van der Waals surface area contributed by atoms with Gasteiger partial charge in [0.05, 0.1) is 22.6 Å². The highest BCUT2D eigenvalue weighted by atomic mass is 32.2. The summed E-state index contributed by atoms with van der Waals surface area (Å²) in [6.45, 7) is 5.53. The van der Waals surface area contributed by atoms with Gasteiger partial charge in [-0.1, -0.05) is 6.92 Å². The lowest BCUT2D eigenvalue weighted by Gasteiger charge is -2.46. The van der Waals surface area contributed by atoms with E-state index in [4.69, 9.17) is 0 Å². The molecule has 2 rings (SSSR count). The van der Waals surface area contributed by atoms with Gasteiger partial charge in [0.25, 0.3) is 0 Å². The first-order valence-corrected chi connectivity index (χ1v) is 8.66. The summed E-state index contributed by atoms with van der Waals surface area (Å²) in [5, 5.41) is 19.1. The molecule has 2 heterocycles. The number of carbonyl (C=O) groups excluding carboxylic acids is 1. The van der Waals surface area contributed by atoms with Crippen molar-refractivity contribution in [2.45, 2.75) is 37.5 Å². The lowest BCUT2D eigenvalue weighted by molar-refractivity contribution is -0.163. The zero-order valence-electron chi connectivity index (χ0n) is 11.9. The lowest BCUT2D eigenvalue weighted by atomic mass is 9.79. The Hall–Kier alpha value is -0.660. The first-order valence-electron chi connectivity index (χ1n) is 6.49. The molecular formula is C13H19NO4S2. The Labute approximate surface area is 126 Å². The Kier molecular flexibility index (Phi) is 4.41. The Balaban J connectivity index is 2.35. The summed E-state index contributed by atoms with van der Waals surface area (Å²) in [6.07, 6.45) is 1.22. The monoisotopic (exact) mass is 317 g/mol. The summed E-state index contributed by atoms with van der Waals surface area (Å²) >= 11 is 3.14. The molecule has 0 aliphatic carbocycles. The third-order valence-corrected chi connectivity index (χ3v) is 6.62. The Morgan fingerprint density at radius 2 is 2.00 bits per heavy atom. The predicted molar refractivity (Wildman–Crippen MR) is 80.2 cm³/mol. The molecule has 0 saturated carbocycles. The van der Waals surface area contributed by atoms with E-state index in [-0.39, 0.29) is 28.1 Å². The number of carboxylic acid groups (broad SMARTS) is 1. The average molecular weight is 317 g/mol. The molecule has 0 aromatic heterocycles. The van der Waals surface area contributed by atoms with Gasteiger partial charge in [0.1, 0.15) is 5.70 Å². The van der Waals surface area contributed by atoms with Gasteiger partial charge in [0.15, 0.2) is 0 Å². The van der Waals surface area contributed by atoms with Crippen molar-refractivity contribution in [2.24, 2.45) is 11.8 Å². The molecule has 20 heavy (non-hydrogen) atoms. The second kappa shape index (κ2) is 5.61. The SMILES string of the molecule is CS[C@H](C)SC1=C(C(=O)O)N2C(=O)[C@H]([C@@H](C)O)[C@H]2[C@H]1C. The number of hydrogen-bond donors (Lipinski definition) is 2. The number of carboxylic acids is 1. The normalized spacial score (nSPS) is 31.9. The molecule has 1 fully saturated rings. The summed E-state index contributed by atoms with van der Waals surface area (Å²) in [5.74, 6) is -1.87. The van der Waals surface area contributed by atoms with Crippen molar-refractivity contribution in [3.05, 3.63) is 10.6 Å². The average Bonchev–Trinajstić information content (AvgIpc) is 2.59. The van der Waals surface area contributed by atoms with Crippen LogP contribution < -0.4 is 0 Å². The van der Waals surface area contributed by atoms with Crippen molar-refractivity contribution in [1.82, 2.24) is 4.90 Å². The standard InChI is InChI=1S/C13H19NO4S2/c1-5-9-8(6(2)15)12(16)14(9)10(13(17)18)11(5)20-7(3)19-4/h5-9,15H,1-4H3,(H,17,18)/t5-,6-,7+,8-,9-/m1/s1. The molecule has 5 atom stereocenters. The van der Waals surface area contributed by atoms with E-state index >= 15 is 0 Å². The van der Waals surface area contributed by atoms with E-state index in [2.05, 4.69) is 0 Å². The van der Waals surface area contributed by atoms with Crippen LogP contribution in [0.2, 0.25) is 0 Å². The van der Waals surface area contributed by atoms with Crippen LogP contribution in [0.5, 0.6) is 0 Å². The molecule has 2 aliphatic heterocycles. The number of rotatable bonds is 5. The Morgan fingerprint density at radius 3 is 2.45 bits per heavy atom. The zero-order valence-corrected chi connectivity index (χ0v) is 13.5. The molecule has 0 spiro atoms. The minimum atomic E-state index is -1.06. The molecule has 0 unspecified atom stereocenters. The topological polar surface area (TPSA) is 77.8 Å². The fourth-order valence-corrected chi connectivity index (χ4v) is 4.61. The van der Waals surface area contributed by atoms with Crippen molar-refractivity contribution in [3.63, 3.8) is 0 Å². The van der Waals surface area contributed by atoms with Crippen LogP contribution in [0.25, 0.3) is 0 Å². The molecule has 1 amide bonds. The summed E-state index contributed by atoms with van der Waals surface area (Å²) in [5.41, 5.74) is 0.107. The van der Waals surface area contributed by atoms with Gasteiger partial charge in [0.2, 0.25) is 5.91 Å². The van der Waals surface area contributed by atoms with Gasteiger partial charge in [-0.3, -0.25) is 4.79 Å². The lowest BCUT2D eigenvalue weighted by Crippen LogP contribution is -2.63. The van der Waals surface area contributed by atoms with Crippen molar-refractivity contribution in [3.8, 4) is 0 Å². The van der Waals surface area contributed by atoms with Crippen molar-refractivity contribution >= 4 is 35.4 Å². The van der Waals surface area contributed by atoms with Crippen LogP contribution in [0.4, 0.5) is 0 Å². The third kappa shape index (κ3) is 2.25. The van der Waals surface area contributed by atoms with Crippen LogP contribution in [0.15, 0.2) is 10.6 Å². The molecule has 2 N–H and O–H groups in total. The molecule has 0 radical (unpaired) electrons. The van der Waals surface area contributed by atoms with Gasteiger partial charge in [-0.2, -0.15) is 11.8 Å². The number of β-lactam (4-membered cyclic amide) rings is 1. The number of aliphatic hydroxyl groups excluding tert-OH is 1. The van der Waals surface area contributed by atoms with Crippen molar-refractivity contribution < 1.29 is 19.8 Å². The van der Waals surface area contributed by atoms with Gasteiger partial charge < -0.3 is 15.1 Å². The number of amides is 1. The Morgan fingerprint density at radius 1 is 1.40 bits per heavy atom. The maximum atomic E-state index is 12.1. The van der Waals surface area contributed by atoms with E-state index in [1.54, 1.807) is 18.7 Å². The molecule has 0 bridgehead atoms. The van der Waals surface area contributed by atoms with E-state index in [1.165, 1.54) is 16.7 Å². The maximum Gasteiger partial charge on any atom is 0.353 e. The second-order valence-corrected chi connectivity index (χ2v) is 8.05. The van der Waals surface area contributed by atoms with E-state index in [0.717, 1.165) is 4.91 Å². The molecule has 5 nitrogen and oxygen atoms in total. The highest BCUT2D eigenvalue weighted by molar-refractivity contribution is 8.18. The van der Waals surface area contributed by atoms with Crippen LogP contribution in [0.1, 0.15) is 20.8 Å². The summed E-state index contributed by atoms with van der Waals surface area (Å²) < 4.78 is 0.223. The van der Waals surface area contributed by atoms with Crippen molar-refractivity contribution in [2.75, 3.05) is 6.26 Å². The molecule has 2 aliphatic rings. The number of thioether (sulfide) groups is 2. The van der Waals surface area contributed by atoms with Crippen LogP contribution in [0, 0.1) is 11.8 Å². The first-order chi connectivity index (χ1) is 9.31. The number of aliphatic hydroxyl groups is 1. The number of fused-ring (bicyclic) bond motifs is 1. The summed E-state index contributed by atoms with van der Waals surface area (Å²) in [4.78, 5) is 25.7. The molecule has 1 saturated heterocycles. The molecular weight excluding hydrogens is 298 g/mol. The van der Waals surface area contributed by atoms with Gasteiger partial charge in [-0.05, 0) is 20.1 Å². The molecule has 0 aromatic rings. The van der Waals surface area contributed by atoms with Gasteiger partial charge >= 0.3 is 5.97 Å². The second-order valence-electron chi connectivity index (χ2n) is 5.19.